The summed E-state index contributed by atoms with van der Waals surface area (Å²) < 4.78 is 28.3. The van der Waals surface area contributed by atoms with E-state index in [0.717, 1.165) is 11.9 Å². The van der Waals surface area contributed by atoms with E-state index in [2.05, 4.69) is 49.4 Å². The van der Waals surface area contributed by atoms with Crippen LogP contribution in [0.25, 0.3) is 0 Å². The first-order chi connectivity index (χ1) is 15.6. The van der Waals surface area contributed by atoms with Crippen LogP contribution in [0, 0.1) is 17.6 Å². The third-order valence-corrected chi connectivity index (χ3v) is 7.09. The standard InChI is InChI=1S/C26H34F2N4O/c1-17-13-30(14-18(2)32(17)24-8-6-7-11-29-24)25(33)22-16-31(26(3,4)5)15-21(22)20-10-9-19(27)12-23(20)28/h6-12,17-18,21-22H,13-16H2,1-5H3/t17-,18+,21-,22+/m0/s1. The van der Waals surface area contributed by atoms with Gasteiger partial charge in [-0.15, -0.1) is 0 Å². The van der Waals surface area contributed by atoms with Gasteiger partial charge in [-0.3, -0.25) is 9.69 Å². The van der Waals surface area contributed by atoms with E-state index in [4.69, 9.17) is 0 Å². The van der Waals surface area contributed by atoms with Crippen molar-refractivity contribution in [3.63, 3.8) is 0 Å². The summed E-state index contributed by atoms with van der Waals surface area (Å²) in [6, 6.07) is 9.79. The molecular formula is C26H34F2N4O. The minimum absolute atomic E-state index is 0.0508. The van der Waals surface area contributed by atoms with Crippen LogP contribution in [0.1, 0.15) is 46.1 Å². The molecule has 33 heavy (non-hydrogen) atoms. The summed E-state index contributed by atoms with van der Waals surface area (Å²) in [6.07, 6.45) is 1.79. The highest BCUT2D eigenvalue weighted by Gasteiger charge is 2.45. The Balaban J connectivity index is 1.58. The van der Waals surface area contributed by atoms with Crippen LogP contribution in [0.3, 0.4) is 0 Å². The van der Waals surface area contributed by atoms with Crippen molar-refractivity contribution < 1.29 is 13.6 Å². The number of carbonyl (C=O) groups is 1. The van der Waals surface area contributed by atoms with Crippen molar-refractivity contribution in [1.29, 1.82) is 0 Å². The van der Waals surface area contributed by atoms with Crippen molar-refractivity contribution in [1.82, 2.24) is 14.8 Å². The quantitative estimate of drug-likeness (QED) is 0.691. The maximum absolute atomic E-state index is 14.8. The van der Waals surface area contributed by atoms with Crippen LogP contribution in [-0.4, -0.2) is 64.5 Å². The molecule has 0 radical (unpaired) electrons. The molecule has 0 bridgehead atoms. The van der Waals surface area contributed by atoms with Gasteiger partial charge in [0.15, 0.2) is 0 Å². The topological polar surface area (TPSA) is 39.7 Å². The van der Waals surface area contributed by atoms with Crippen LogP contribution >= 0.6 is 0 Å². The Morgan fingerprint density at radius 1 is 1.00 bits per heavy atom. The molecule has 5 nitrogen and oxygen atoms in total. The summed E-state index contributed by atoms with van der Waals surface area (Å²) in [5, 5.41) is 0. The predicted octanol–water partition coefficient (Wildman–Crippen LogP) is 4.30. The molecule has 2 aliphatic rings. The van der Waals surface area contributed by atoms with Gasteiger partial charge < -0.3 is 9.80 Å². The largest absolute Gasteiger partial charge is 0.348 e. The average Bonchev–Trinajstić information content (AvgIpc) is 3.19. The lowest BCUT2D eigenvalue weighted by molar-refractivity contribution is -0.137. The van der Waals surface area contributed by atoms with E-state index in [1.807, 2.05) is 23.1 Å². The van der Waals surface area contributed by atoms with E-state index in [1.165, 1.54) is 12.1 Å². The maximum Gasteiger partial charge on any atom is 0.227 e. The molecule has 2 saturated heterocycles. The van der Waals surface area contributed by atoms with Gasteiger partial charge in [0.05, 0.1) is 5.92 Å². The van der Waals surface area contributed by atoms with E-state index in [-0.39, 0.29) is 35.4 Å². The molecular weight excluding hydrogens is 422 g/mol. The Labute approximate surface area is 195 Å². The van der Waals surface area contributed by atoms with Crippen LogP contribution in [0.4, 0.5) is 14.6 Å². The average molecular weight is 457 g/mol. The Hall–Kier alpha value is -2.54. The highest BCUT2D eigenvalue weighted by Crippen LogP contribution is 2.39. The normalized spacial score (nSPS) is 26.6. The summed E-state index contributed by atoms with van der Waals surface area (Å²) in [5.41, 5.74) is 0.275. The monoisotopic (exact) mass is 456 g/mol. The fourth-order valence-electron chi connectivity index (χ4n) is 5.41. The fraction of sp³-hybridized carbons (Fsp3) is 0.538. The number of anilines is 1. The zero-order chi connectivity index (χ0) is 23.9. The van der Waals surface area contributed by atoms with Crippen LogP contribution in [0.2, 0.25) is 0 Å². The number of hydrogen-bond acceptors (Lipinski definition) is 4. The van der Waals surface area contributed by atoms with Gasteiger partial charge in [-0.1, -0.05) is 12.1 Å². The van der Waals surface area contributed by atoms with Crippen molar-refractivity contribution in [3.05, 3.63) is 59.8 Å². The zero-order valence-electron chi connectivity index (χ0n) is 20.1. The second-order valence-corrected chi connectivity index (χ2v) is 10.5. The lowest BCUT2D eigenvalue weighted by Gasteiger charge is -2.46. The molecule has 2 aliphatic heterocycles. The van der Waals surface area contributed by atoms with Crippen molar-refractivity contribution in [2.24, 2.45) is 5.92 Å². The molecule has 4 rings (SSSR count). The van der Waals surface area contributed by atoms with Gasteiger partial charge >= 0.3 is 0 Å². The third-order valence-electron chi connectivity index (χ3n) is 7.09. The zero-order valence-corrected chi connectivity index (χ0v) is 20.1. The first-order valence-electron chi connectivity index (χ1n) is 11.7. The molecule has 7 heteroatoms. The molecule has 0 N–H and O–H groups in total. The number of hydrogen-bond donors (Lipinski definition) is 0. The van der Waals surface area contributed by atoms with E-state index in [0.29, 0.717) is 31.7 Å². The Kier molecular flexibility index (Phi) is 6.45. The van der Waals surface area contributed by atoms with Gasteiger partial charge in [0.1, 0.15) is 17.5 Å². The van der Waals surface area contributed by atoms with Crippen LogP contribution < -0.4 is 4.90 Å². The molecule has 0 spiro atoms. The maximum atomic E-state index is 14.8. The number of carbonyl (C=O) groups excluding carboxylic acids is 1. The number of aromatic nitrogens is 1. The molecule has 2 aromatic rings. The Bertz CT molecular complexity index is 982. The molecule has 4 atom stereocenters. The first-order valence-corrected chi connectivity index (χ1v) is 11.7. The molecule has 178 valence electrons. The van der Waals surface area contributed by atoms with Crippen molar-refractivity contribution >= 4 is 11.7 Å². The number of piperazine rings is 1. The third kappa shape index (κ3) is 4.74. The number of amides is 1. The van der Waals surface area contributed by atoms with Crippen LogP contribution in [0.5, 0.6) is 0 Å². The Morgan fingerprint density at radius 2 is 1.70 bits per heavy atom. The number of pyridine rings is 1. The second-order valence-electron chi connectivity index (χ2n) is 10.5. The number of benzene rings is 1. The van der Waals surface area contributed by atoms with Gasteiger partial charge in [0, 0.05) is 62.0 Å². The Morgan fingerprint density at radius 3 is 2.27 bits per heavy atom. The molecule has 3 heterocycles. The highest BCUT2D eigenvalue weighted by molar-refractivity contribution is 5.81. The van der Waals surface area contributed by atoms with E-state index >= 15 is 0 Å². The van der Waals surface area contributed by atoms with Gasteiger partial charge in [-0.2, -0.15) is 0 Å². The van der Waals surface area contributed by atoms with Gasteiger partial charge in [0.2, 0.25) is 5.91 Å². The number of halogens is 2. The minimum Gasteiger partial charge on any atom is -0.348 e. The lowest BCUT2D eigenvalue weighted by Crippen LogP contribution is -2.59. The summed E-state index contributed by atoms with van der Waals surface area (Å²) in [6.45, 7) is 12.8. The lowest BCUT2D eigenvalue weighted by atomic mass is 9.87. The van der Waals surface area contributed by atoms with Crippen molar-refractivity contribution in [2.45, 2.75) is 58.2 Å². The van der Waals surface area contributed by atoms with E-state index in [9.17, 15) is 13.6 Å². The van der Waals surface area contributed by atoms with Crippen LogP contribution in [-0.2, 0) is 4.79 Å². The van der Waals surface area contributed by atoms with E-state index in [1.54, 1.807) is 6.20 Å². The molecule has 1 aromatic heterocycles. The smallest absolute Gasteiger partial charge is 0.227 e. The SMILES string of the molecule is C[C@@H]1CN(C(=O)[C@@H]2CN(C(C)(C)C)C[C@H]2c2ccc(F)cc2F)C[C@H](C)N1c1ccccn1. The van der Waals surface area contributed by atoms with Crippen LogP contribution in [0.15, 0.2) is 42.6 Å². The number of likely N-dealkylation sites (tertiary alicyclic amines) is 1. The van der Waals surface area contributed by atoms with Crippen molar-refractivity contribution in [2.75, 3.05) is 31.1 Å². The predicted molar refractivity (Wildman–Crippen MR) is 126 cm³/mol. The summed E-state index contributed by atoms with van der Waals surface area (Å²) >= 11 is 0. The number of rotatable bonds is 3. The van der Waals surface area contributed by atoms with E-state index < -0.39 is 11.6 Å². The molecule has 0 unspecified atom stereocenters. The molecule has 1 aromatic carbocycles. The molecule has 0 saturated carbocycles. The molecule has 2 fully saturated rings. The molecule has 1 amide bonds. The first kappa shape index (κ1) is 23.6. The minimum atomic E-state index is -0.599. The van der Waals surface area contributed by atoms with Gasteiger partial charge in [0.25, 0.3) is 0 Å². The summed E-state index contributed by atoms with van der Waals surface area (Å²) in [4.78, 5) is 24.8. The fourth-order valence-corrected chi connectivity index (χ4v) is 5.41. The van der Waals surface area contributed by atoms with Crippen molar-refractivity contribution in [3.8, 4) is 0 Å². The van der Waals surface area contributed by atoms with Gasteiger partial charge in [-0.25, -0.2) is 13.8 Å². The summed E-state index contributed by atoms with van der Waals surface area (Å²) in [7, 11) is 0. The molecule has 0 aliphatic carbocycles. The second kappa shape index (κ2) is 9.01. The van der Waals surface area contributed by atoms with Gasteiger partial charge in [-0.05, 0) is 58.4 Å². The highest BCUT2D eigenvalue weighted by atomic mass is 19.1. The summed E-state index contributed by atoms with van der Waals surface area (Å²) in [5.74, 6) is -0.888. The number of nitrogens with zero attached hydrogens (tertiary/aromatic N) is 4.